The number of nitrogens with zero attached hydrogens (tertiary/aromatic N) is 1. The molecule has 0 saturated carbocycles. The van der Waals surface area contributed by atoms with Gasteiger partial charge in [0.05, 0.1) is 0 Å². The first kappa shape index (κ1) is 15.2. The monoisotopic (exact) mass is 246 g/mol. The van der Waals surface area contributed by atoms with Crippen molar-refractivity contribution in [2.45, 2.75) is 72.1 Å². The summed E-state index contributed by atoms with van der Waals surface area (Å²) in [5, 5.41) is 0. The summed E-state index contributed by atoms with van der Waals surface area (Å²) in [6.07, 6.45) is 12.2. The summed E-state index contributed by atoms with van der Waals surface area (Å²) in [5.41, 5.74) is 3.90. The topological polar surface area (TPSA) is 12.9 Å². The predicted molar refractivity (Wildman–Crippen MR) is 79.8 cm³/mol. The Hall–Kier alpha value is -0.850. The van der Waals surface area contributed by atoms with Crippen molar-refractivity contribution in [2.75, 3.05) is 0 Å². The van der Waals surface area contributed by atoms with E-state index < -0.39 is 0 Å². The Bertz CT molecular complexity index is 302. The zero-order chi connectivity index (χ0) is 13.2. The second kappa shape index (κ2) is 9.13. The fraction of sp³-hybridized carbons (Fsp3) is 0.647. The highest BCUT2D eigenvalue weighted by Gasteiger charge is 2.02. The van der Waals surface area contributed by atoms with Crippen LogP contribution in [0.1, 0.15) is 76.2 Å². The van der Waals surface area contributed by atoms with Gasteiger partial charge in [0.15, 0.2) is 0 Å². The highest BCUT2D eigenvalue weighted by atomic mass is 14.7. The molecule has 1 aromatic rings. The molecule has 1 aromatic heterocycles. The molecule has 1 radical (unpaired) electrons. The predicted octanol–water partition coefficient (Wildman–Crippen LogP) is 5.12. The first-order chi connectivity index (χ1) is 8.80. The molecule has 0 unspecified atom stereocenters. The van der Waals surface area contributed by atoms with Crippen molar-refractivity contribution in [3.63, 3.8) is 0 Å². The molecule has 0 aliphatic rings. The van der Waals surface area contributed by atoms with Crippen LogP contribution in [-0.2, 0) is 12.8 Å². The third-order valence-electron chi connectivity index (χ3n) is 3.36. The molecule has 0 bridgehead atoms. The van der Waals surface area contributed by atoms with Gasteiger partial charge < -0.3 is 0 Å². The maximum absolute atomic E-state index is 4.80. The number of aryl methyl sites for hydroxylation is 2. The largest absolute Gasteiger partial charge is 0.258 e. The molecule has 0 fully saturated rings. The Balaban J connectivity index is 2.62. The van der Waals surface area contributed by atoms with Gasteiger partial charge in [0.2, 0.25) is 0 Å². The lowest BCUT2D eigenvalue weighted by Crippen LogP contribution is -1.99. The van der Waals surface area contributed by atoms with E-state index in [0.29, 0.717) is 0 Å². The van der Waals surface area contributed by atoms with Crippen LogP contribution in [0.25, 0.3) is 0 Å². The standard InChI is InChI=1S/C17H28N/c1-4-7-9-11-16-13-15(6-3)14-17(18-16)12-10-8-5-2/h6,13-14H,4-5,7-12H2,1-3H3. The molecule has 0 aromatic carbocycles. The highest BCUT2D eigenvalue weighted by Crippen LogP contribution is 2.13. The SMILES string of the molecule is C[CH]c1cc(CCCCC)nc(CCCCC)c1. The molecular weight excluding hydrogens is 218 g/mol. The molecule has 1 rings (SSSR count). The minimum Gasteiger partial charge on any atom is -0.258 e. The zero-order valence-electron chi connectivity index (χ0n) is 12.3. The molecule has 0 spiro atoms. The third-order valence-corrected chi connectivity index (χ3v) is 3.36. The van der Waals surface area contributed by atoms with Crippen LogP contribution in [0.2, 0.25) is 0 Å². The van der Waals surface area contributed by atoms with E-state index >= 15 is 0 Å². The van der Waals surface area contributed by atoms with Gasteiger partial charge in [0.1, 0.15) is 0 Å². The maximum atomic E-state index is 4.80. The average Bonchev–Trinajstić information content (AvgIpc) is 2.39. The number of hydrogen-bond acceptors (Lipinski definition) is 1. The van der Waals surface area contributed by atoms with Crippen LogP contribution < -0.4 is 0 Å². The van der Waals surface area contributed by atoms with Crippen LogP contribution in [-0.4, -0.2) is 4.98 Å². The lowest BCUT2D eigenvalue weighted by molar-refractivity contribution is 0.687. The normalized spacial score (nSPS) is 10.8. The Kier molecular flexibility index (Phi) is 7.71. The fourth-order valence-electron chi connectivity index (χ4n) is 2.21. The molecule has 0 saturated heterocycles. The summed E-state index contributed by atoms with van der Waals surface area (Å²) < 4.78 is 0. The van der Waals surface area contributed by atoms with E-state index in [0.717, 1.165) is 12.8 Å². The van der Waals surface area contributed by atoms with Gasteiger partial charge in [-0.25, -0.2) is 0 Å². The molecular formula is C17H28N. The molecule has 18 heavy (non-hydrogen) atoms. The number of pyridine rings is 1. The Morgan fingerprint density at radius 2 is 1.39 bits per heavy atom. The lowest BCUT2D eigenvalue weighted by atomic mass is 10.0. The minimum absolute atomic E-state index is 1.14. The number of rotatable bonds is 9. The average molecular weight is 246 g/mol. The van der Waals surface area contributed by atoms with E-state index in [4.69, 9.17) is 4.98 Å². The van der Waals surface area contributed by atoms with Gasteiger partial charge in [0, 0.05) is 11.4 Å². The van der Waals surface area contributed by atoms with Gasteiger partial charge in [-0.2, -0.15) is 0 Å². The molecule has 1 heteroatoms. The second-order valence-electron chi connectivity index (χ2n) is 5.09. The van der Waals surface area contributed by atoms with Gasteiger partial charge in [-0.05, 0) is 49.8 Å². The van der Waals surface area contributed by atoms with E-state index in [1.165, 1.54) is 55.5 Å². The van der Waals surface area contributed by atoms with Crippen molar-refractivity contribution in [3.05, 3.63) is 35.5 Å². The third kappa shape index (κ3) is 5.66. The van der Waals surface area contributed by atoms with Crippen molar-refractivity contribution in [3.8, 4) is 0 Å². The number of aromatic nitrogens is 1. The molecule has 1 heterocycles. The van der Waals surface area contributed by atoms with Gasteiger partial charge >= 0.3 is 0 Å². The van der Waals surface area contributed by atoms with Crippen molar-refractivity contribution in [1.29, 1.82) is 0 Å². The van der Waals surface area contributed by atoms with Crippen LogP contribution in [0.4, 0.5) is 0 Å². The first-order valence-corrected chi connectivity index (χ1v) is 7.59. The van der Waals surface area contributed by atoms with E-state index in [-0.39, 0.29) is 0 Å². The summed E-state index contributed by atoms with van der Waals surface area (Å²) in [4.78, 5) is 4.80. The van der Waals surface area contributed by atoms with Crippen LogP contribution >= 0.6 is 0 Å². The summed E-state index contributed by atoms with van der Waals surface area (Å²) in [6, 6.07) is 4.50. The summed E-state index contributed by atoms with van der Waals surface area (Å²) in [7, 11) is 0. The van der Waals surface area contributed by atoms with Crippen molar-refractivity contribution < 1.29 is 0 Å². The highest BCUT2D eigenvalue weighted by molar-refractivity contribution is 5.27. The smallest absolute Gasteiger partial charge is 0.0409 e. The molecule has 0 aliphatic heterocycles. The van der Waals surface area contributed by atoms with Crippen molar-refractivity contribution >= 4 is 0 Å². The maximum Gasteiger partial charge on any atom is 0.0409 e. The fourth-order valence-corrected chi connectivity index (χ4v) is 2.21. The first-order valence-electron chi connectivity index (χ1n) is 7.59. The van der Waals surface area contributed by atoms with E-state index in [1.807, 2.05) is 0 Å². The van der Waals surface area contributed by atoms with E-state index in [1.54, 1.807) is 0 Å². The van der Waals surface area contributed by atoms with Crippen LogP contribution in [0.15, 0.2) is 12.1 Å². The summed E-state index contributed by atoms with van der Waals surface area (Å²) in [5.74, 6) is 0. The number of hydrogen-bond donors (Lipinski definition) is 0. The number of unbranched alkanes of at least 4 members (excludes halogenated alkanes) is 4. The van der Waals surface area contributed by atoms with Crippen LogP contribution in [0.3, 0.4) is 0 Å². The lowest BCUT2D eigenvalue weighted by Gasteiger charge is -2.08. The molecule has 0 aliphatic carbocycles. The van der Waals surface area contributed by atoms with Crippen molar-refractivity contribution in [2.24, 2.45) is 0 Å². The van der Waals surface area contributed by atoms with Gasteiger partial charge in [-0.1, -0.05) is 46.5 Å². The van der Waals surface area contributed by atoms with Crippen molar-refractivity contribution in [1.82, 2.24) is 4.98 Å². The second-order valence-corrected chi connectivity index (χ2v) is 5.09. The van der Waals surface area contributed by atoms with Gasteiger partial charge in [-0.15, -0.1) is 0 Å². The quantitative estimate of drug-likeness (QED) is 0.551. The van der Waals surface area contributed by atoms with Crippen LogP contribution in [0.5, 0.6) is 0 Å². The van der Waals surface area contributed by atoms with Gasteiger partial charge in [0.25, 0.3) is 0 Å². The summed E-state index contributed by atoms with van der Waals surface area (Å²) in [6.45, 7) is 6.61. The molecule has 0 amide bonds. The molecule has 101 valence electrons. The molecule has 0 atom stereocenters. The van der Waals surface area contributed by atoms with Crippen LogP contribution in [0, 0.1) is 6.42 Å². The Morgan fingerprint density at radius 1 is 0.889 bits per heavy atom. The van der Waals surface area contributed by atoms with E-state index in [9.17, 15) is 0 Å². The van der Waals surface area contributed by atoms with E-state index in [2.05, 4.69) is 39.3 Å². The minimum atomic E-state index is 1.14. The summed E-state index contributed by atoms with van der Waals surface area (Å²) >= 11 is 0. The Morgan fingerprint density at radius 3 is 1.78 bits per heavy atom. The molecule has 0 N–H and O–H groups in total. The van der Waals surface area contributed by atoms with Gasteiger partial charge in [-0.3, -0.25) is 4.98 Å². The Labute approximate surface area is 113 Å². The zero-order valence-corrected chi connectivity index (χ0v) is 12.3. The molecule has 1 nitrogen and oxygen atoms in total.